The van der Waals surface area contributed by atoms with Crippen LogP contribution in [0.2, 0.25) is 0 Å². The largest absolute Gasteiger partial charge is 0.488 e. The van der Waals surface area contributed by atoms with Crippen molar-refractivity contribution in [1.82, 2.24) is 20.1 Å². The molecular weight excluding hydrogens is 457 g/mol. The molecule has 6 nitrogen and oxygen atoms in total. The number of halogens is 4. The van der Waals surface area contributed by atoms with Gasteiger partial charge in [-0.25, -0.2) is 4.98 Å². The van der Waals surface area contributed by atoms with E-state index in [-0.39, 0.29) is 42.0 Å². The number of rotatable bonds is 5. The first kappa shape index (κ1) is 22.3. The van der Waals surface area contributed by atoms with Gasteiger partial charge in [0.25, 0.3) is 5.89 Å². The molecule has 168 valence electrons. The van der Waals surface area contributed by atoms with Crippen molar-refractivity contribution < 1.29 is 22.4 Å². The molecule has 0 bridgehead atoms. The number of H-pyrrole nitrogens is 1. The average molecular weight is 473 g/mol. The van der Waals surface area contributed by atoms with E-state index in [9.17, 15) is 13.2 Å². The average Bonchev–Trinajstić information content (AvgIpc) is 3.47. The Morgan fingerprint density at radius 3 is 2.52 bits per heavy atom. The number of aromatic nitrogens is 4. The zero-order chi connectivity index (χ0) is 22.1. The number of fused-ring (bicyclic) bond motifs is 1. The molecule has 1 N–H and O–H groups in total. The molecule has 5 aromatic rings. The molecule has 0 saturated carbocycles. The van der Waals surface area contributed by atoms with Gasteiger partial charge in [-0.1, -0.05) is 35.5 Å². The predicted molar refractivity (Wildman–Crippen MR) is 118 cm³/mol. The fourth-order valence-corrected chi connectivity index (χ4v) is 3.28. The van der Waals surface area contributed by atoms with Gasteiger partial charge in [0.2, 0.25) is 5.82 Å². The first-order valence-corrected chi connectivity index (χ1v) is 9.63. The SMILES string of the molecule is Cl.FC(F)(F)c1cc(-c2nc(-c3ccc4nc[nH]c4c3)no2)ccc1OCc1ccccc1. The molecule has 2 aromatic heterocycles. The van der Waals surface area contributed by atoms with Crippen LogP contribution in [0.4, 0.5) is 13.2 Å². The zero-order valence-electron chi connectivity index (χ0n) is 16.8. The monoisotopic (exact) mass is 472 g/mol. The van der Waals surface area contributed by atoms with Gasteiger partial charge in [-0.15, -0.1) is 12.4 Å². The summed E-state index contributed by atoms with van der Waals surface area (Å²) in [7, 11) is 0. The number of ether oxygens (including phenoxy) is 1. The molecule has 33 heavy (non-hydrogen) atoms. The van der Waals surface area contributed by atoms with Gasteiger partial charge in [0.05, 0.1) is 22.9 Å². The van der Waals surface area contributed by atoms with E-state index in [0.29, 0.717) is 5.56 Å². The summed E-state index contributed by atoms with van der Waals surface area (Å²) < 4.78 is 51.8. The van der Waals surface area contributed by atoms with Crippen molar-refractivity contribution in [2.45, 2.75) is 12.8 Å². The van der Waals surface area contributed by atoms with Crippen LogP contribution in [0.15, 0.2) is 77.6 Å². The molecule has 2 heterocycles. The van der Waals surface area contributed by atoms with Gasteiger partial charge >= 0.3 is 6.18 Å². The molecule has 0 saturated heterocycles. The van der Waals surface area contributed by atoms with E-state index in [1.807, 2.05) is 6.07 Å². The van der Waals surface area contributed by atoms with E-state index in [1.54, 1.807) is 48.8 Å². The number of hydrogen-bond donors (Lipinski definition) is 1. The van der Waals surface area contributed by atoms with Gasteiger partial charge in [-0.2, -0.15) is 18.2 Å². The van der Waals surface area contributed by atoms with Crippen LogP contribution in [0, 0.1) is 0 Å². The second kappa shape index (κ2) is 8.95. The van der Waals surface area contributed by atoms with E-state index in [4.69, 9.17) is 9.26 Å². The first-order chi connectivity index (χ1) is 15.5. The van der Waals surface area contributed by atoms with E-state index in [1.165, 1.54) is 12.1 Å². The van der Waals surface area contributed by atoms with Crippen LogP contribution in [0.3, 0.4) is 0 Å². The maximum atomic E-state index is 13.7. The lowest BCUT2D eigenvalue weighted by Crippen LogP contribution is -2.09. The Bertz CT molecular complexity index is 1380. The number of benzene rings is 3. The molecule has 0 amide bonds. The third kappa shape index (κ3) is 4.68. The minimum Gasteiger partial charge on any atom is -0.488 e. The summed E-state index contributed by atoms with van der Waals surface area (Å²) >= 11 is 0. The van der Waals surface area contributed by atoms with Crippen molar-refractivity contribution in [3.63, 3.8) is 0 Å². The second-order valence-corrected chi connectivity index (χ2v) is 7.04. The zero-order valence-corrected chi connectivity index (χ0v) is 17.7. The molecule has 0 atom stereocenters. The van der Waals surface area contributed by atoms with Crippen molar-refractivity contribution in [3.8, 4) is 28.6 Å². The Morgan fingerprint density at radius 2 is 1.73 bits per heavy atom. The van der Waals surface area contributed by atoms with Gasteiger partial charge in [0.15, 0.2) is 0 Å². The Hall–Kier alpha value is -3.85. The quantitative estimate of drug-likeness (QED) is 0.325. The molecule has 0 radical (unpaired) electrons. The lowest BCUT2D eigenvalue weighted by molar-refractivity contribution is -0.139. The summed E-state index contributed by atoms with van der Waals surface area (Å²) in [5, 5.41) is 3.91. The number of imidazole rings is 1. The molecule has 3 aromatic carbocycles. The lowest BCUT2D eigenvalue weighted by Gasteiger charge is -2.14. The van der Waals surface area contributed by atoms with Gasteiger partial charge < -0.3 is 14.2 Å². The minimum absolute atomic E-state index is 0. The highest BCUT2D eigenvalue weighted by Gasteiger charge is 2.35. The minimum atomic E-state index is -4.61. The fourth-order valence-electron chi connectivity index (χ4n) is 3.28. The topological polar surface area (TPSA) is 76.8 Å². The van der Waals surface area contributed by atoms with Crippen molar-refractivity contribution in [2.24, 2.45) is 0 Å². The van der Waals surface area contributed by atoms with Crippen molar-refractivity contribution in [3.05, 3.63) is 84.2 Å². The van der Waals surface area contributed by atoms with Gasteiger partial charge in [-0.05, 0) is 42.0 Å². The molecule has 0 aliphatic rings. The molecule has 0 aliphatic heterocycles. The highest BCUT2D eigenvalue weighted by atomic mass is 35.5. The summed E-state index contributed by atoms with van der Waals surface area (Å²) in [5.41, 5.74) is 2.21. The molecular formula is C23H16ClF3N4O2. The molecule has 0 aliphatic carbocycles. The lowest BCUT2D eigenvalue weighted by atomic mass is 10.1. The van der Waals surface area contributed by atoms with Crippen LogP contribution >= 0.6 is 12.4 Å². The number of nitrogens with one attached hydrogen (secondary N) is 1. The third-order valence-corrected chi connectivity index (χ3v) is 4.87. The maximum absolute atomic E-state index is 13.7. The normalized spacial score (nSPS) is 11.4. The highest BCUT2D eigenvalue weighted by Crippen LogP contribution is 2.39. The fraction of sp³-hybridized carbons (Fsp3) is 0.0870. The summed E-state index contributed by atoms with van der Waals surface area (Å²) in [6.07, 6.45) is -3.05. The van der Waals surface area contributed by atoms with E-state index < -0.39 is 11.7 Å². The Kier molecular flexibility index (Phi) is 6.06. The summed E-state index contributed by atoms with van der Waals surface area (Å²) in [4.78, 5) is 11.4. The van der Waals surface area contributed by atoms with Crippen molar-refractivity contribution in [2.75, 3.05) is 0 Å². The third-order valence-electron chi connectivity index (χ3n) is 4.87. The van der Waals surface area contributed by atoms with Gasteiger partial charge in [-0.3, -0.25) is 0 Å². The van der Waals surface area contributed by atoms with Crippen molar-refractivity contribution >= 4 is 23.4 Å². The first-order valence-electron chi connectivity index (χ1n) is 9.63. The highest BCUT2D eigenvalue weighted by molar-refractivity contribution is 5.85. The number of hydrogen-bond acceptors (Lipinski definition) is 5. The Morgan fingerprint density at radius 1 is 0.939 bits per heavy atom. The molecule has 0 fully saturated rings. The molecule has 5 rings (SSSR count). The number of alkyl halides is 3. The molecule has 0 unspecified atom stereocenters. The Balaban J connectivity index is 0.00000259. The smallest absolute Gasteiger partial charge is 0.419 e. The summed E-state index contributed by atoms with van der Waals surface area (Å²) in [5.74, 6) is -0.0335. The Labute approximate surface area is 191 Å². The predicted octanol–water partition coefficient (Wildman–Crippen LogP) is 6.30. The van der Waals surface area contributed by atoms with Crippen LogP contribution in [-0.2, 0) is 12.8 Å². The van der Waals surface area contributed by atoms with Crippen LogP contribution in [-0.4, -0.2) is 20.1 Å². The van der Waals surface area contributed by atoms with Crippen LogP contribution < -0.4 is 4.74 Å². The number of nitrogens with zero attached hydrogens (tertiary/aromatic N) is 3. The molecule has 0 spiro atoms. The van der Waals surface area contributed by atoms with Crippen molar-refractivity contribution in [1.29, 1.82) is 0 Å². The van der Waals surface area contributed by atoms with E-state index >= 15 is 0 Å². The standard InChI is InChI=1S/C23H15F3N4O2.ClH/c24-23(25,26)17-10-16(7-9-20(17)31-12-14-4-2-1-3-5-14)22-29-21(30-32-22)15-6-8-18-19(11-15)28-13-27-18;/h1-11,13H,12H2,(H,27,28);1H. The van der Waals surface area contributed by atoms with E-state index in [0.717, 1.165) is 22.7 Å². The van der Waals surface area contributed by atoms with Gasteiger partial charge in [0.1, 0.15) is 12.4 Å². The van der Waals surface area contributed by atoms with Crippen LogP contribution in [0.1, 0.15) is 11.1 Å². The maximum Gasteiger partial charge on any atom is 0.419 e. The molecule has 10 heteroatoms. The second-order valence-electron chi connectivity index (χ2n) is 7.04. The van der Waals surface area contributed by atoms with Gasteiger partial charge in [0, 0.05) is 11.1 Å². The van der Waals surface area contributed by atoms with Crippen LogP contribution in [0.5, 0.6) is 5.75 Å². The number of aromatic amines is 1. The van der Waals surface area contributed by atoms with E-state index in [2.05, 4.69) is 20.1 Å². The summed E-state index contributed by atoms with van der Waals surface area (Å²) in [6.45, 7) is 0.0179. The van der Waals surface area contributed by atoms with Crippen LogP contribution in [0.25, 0.3) is 33.9 Å². The summed E-state index contributed by atoms with van der Waals surface area (Å²) in [6, 6.07) is 18.0.